The first-order valence-electron chi connectivity index (χ1n) is 4.06. The van der Waals surface area contributed by atoms with E-state index in [0.29, 0.717) is 11.3 Å². The molecule has 2 rings (SSSR count). The molecule has 0 saturated heterocycles. The van der Waals surface area contributed by atoms with Crippen LogP contribution in [0.5, 0.6) is 0 Å². The number of nitrogens with two attached hydrogens (primary N) is 1. The number of aromatic nitrogens is 1. The Bertz CT molecular complexity index is 514. The van der Waals surface area contributed by atoms with Crippen molar-refractivity contribution in [3.05, 3.63) is 35.9 Å². The summed E-state index contributed by atoms with van der Waals surface area (Å²) in [5, 5.41) is 9.53. The molecule has 1 heterocycles. The first-order chi connectivity index (χ1) is 6.66. The van der Waals surface area contributed by atoms with E-state index in [4.69, 9.17) is 10.8 Å². The summed E-state index contributed by atoms with van der Waals surface area (Å²) in [7, 11) is 0. The van der Waals surface area contributed by atoms with Gasteiger partial charge < -0.3 is 10.8 Å². The second-order valence-electron chi connectivity index (χ2n) is 2.95. The first-order valence-corrected chi connectivity index (χ1v) is 4.06. The summed E-state index contributed by atoms with van der Waals surface area (Å²) >= 11 is 0. The van der Waals surface area contributed by atoms with Gasteiger partial charge in [-0.05, 0) is 30.3 Å². The Labute approximate surface area is 129 Å². The Balaban J connectivity index is 0.00000112. The molecular weight excluding hydrogens is 219 g/mol. The summed E-state index contributed by atoms with van der Waals surface area (Å²) in [5.74, 6) is -0.510. The molecule has 71 valence electrons. The Hall–Kier alpha value is -0.464. The fourth-order valence-corrected chi connectivity index (χ4v) is 1.27. The zero-order valence-electron chi connectivity index (χ0n) is 8.27. The average molecular weight is 227 g/mol. The molecule has 1 radical (unpaired) electrons. The van der Waals surface area contributed by atoms with E-state index in [0.717, 1.165) is 5.39 Å². The first kappa shape index (κ1) is 12.6. The molecule has 0 bridgehead atoms. The summed E-state index contributed by atoms with van der Waals surface area (Å²) < 4.78 is 0. The van der Waals surface area contributed by atoms with Crippen LogP contribution in [-0.2, 0) is 0 Å². The number of carbonyl (C=O) groups is 1. The normalized spacial score (nSPS) is 9.60. The molecule has 0 amide bonds. The maximum atomic E-state index is 10.7. The van der Waals surface area contributed by atoms with E-state index < -0.39 is 5.97 Å². The standard InChI is InChI=1S/C10H8N2O2.K/c11-9-4-2-6-5-7(10(13)14)1-3-8(6)12-9;/h1-5H,(H2,11,12)(H,13,14);. The van der Waals surface area contributed by atoms with Crippen LogP contribution in [0, 0.1) is 0 Å². The molecule has 1 aromatic heterocycles. The van der Waals surface area contributed by atoms with E-state index in [1.54, 1.807) is 24.3 Å². The molecule has 1 aromatic carbocycles. The van der Waals surface area contributed by atoms with Crippen molar-refractivity contribution in [1.29, 1.82) is 0 Å². The van der Waals surface area contributed by atoms with Gasteiger partial charge in [-0.2, -0.15) is 0 Å². The monoisotopic (exact) mass is 227 g/mol. The maximum Gasteiger partial charge on any atom is 0.335 e. The number of hydrogen-bond acceptors (Lipinski definition) is 3. The second-order valence-corrected chi connectivity index (χ2v) is 2.95. The van der Waals surface area contributed by atoms with Crippen molar-refractivity contribution >= 4 is 74.1 Å². The van der Waals surface area contributed by atoms with Gasteiger partial charge in [-0.15, -0.1) is 0 Å². The van der Waals surface area contributed by atoms with E-state index in [1.807, 2.05) is 0 Å². The number of aromatic carboxylic acids is 1. The van der Waals surface area contributed by atoms with E-state index in [1.165, 1.54) is 6.07 Å². The fourth-order valence-electron chi connectivity index (χ4n) is 1.27. The number of pyridine rings is 1. The average Bonchev–Trinajstić information content (AvgIpc) is 2.16. The number of nitrogen functional groups attached to an aromatic ring is 1. The molecule has 15 heavy (non-hydrogen) atoms. The Morgan fingerprint density at radius 3 is 2.67 bits per heavy atom. The SMILES string of the molecule is Nc1ccc2cc(C(=O)O)ccc2n1.[K]. The molecule has 0 unspecified atom stereocenters. The smallest absolute Gasteiger partial charge is 0.335 e. The van der Waals surface area contributed by atoms with Crippen LogP contribution >= 0.6 is 0 Å². The molecule has 3 N–H and O–H groups in total. The van der Waals surface area contributed by atoms with Crippen LogP contribution in [0.2, 0.25) is 0 Å². The van der Waals surface area contributed by atoms with Crippen LogP contribution in [-0.4, -0.2) is 67.4 Å². The van der Waals surface area contributed by atoms with Gasteiger partial charge in [-0.3, -0.25) is 0 Å². The van der Waals surface area contributed by atoms with E-state index in [9.17, 15) is 4.79 Å². The van der Waals surface area contributed by atoms with E-state index >= 15 is 0 Å². The zero-order chi connectivity index (χ0) is 10.1. The van der Waals surface area contributed by atoms with Gasteiger partial charge in [-0.25, -0.2) is 9.78 Å². The summed E-state index contributed by atoms with van der Waals surface area (Å²) in [6.45, 7) is 0. The number of benzene rings is 1. The van der Waals surface area contributed by atoms with Gasteiger partial charge in [-0.1, -0.05) is 0 Å². The Morgan fingerprint density at radius 1 is 1.27 bits per heavy atom. The summed E-state index contributed by atoms with van der Waals surface area (Å²) in [5.41, 5.74) is 6.45. The van der Waals surface area contributed by atoms with Crippen LogP contribution in [0.3, 0.4) is 0 Å². The molecule has 2 aromatic rings. The van der Waals surface area contributed by atoms with E-state index in [-0.39, 0.29) is 56.9 Å². The maximum absolute atomic E-state index is 10.7. The molecule has 4 nitrogen and oxygen atoms in total. The quantitative estimate of drug-likeness (QED) is 0.716. The van der Waals surface area contributed by atoms with Gasteiger partial charge in [0, 0.05) is 56.8 Å². The fraction of sp³-hybridized carbons (Fsp3) is 0. The third kappa shape index (κ3) is 2.76. The number of carboxylic acids is 1. The number of rotatable bonds is 1. The van der Waals surface area contributed by atoms with Crippen LogP contribution in [0.25, 0.3) is 10.9 Å². The molecule has 0 atom stereocenters. The second kappa shape index (κ2) is 5.04. The third-order valence-corrected chi connectivity index (χ3v) is 1.96. The summed E-state index contributed by atoms with van der Waals surface area (Å²) in [6.07, 6.45) is 0. The number of hydrogen-bond donors (Lipinski definition) is 2. The van der Waals surface area contributed by atoms with Gasteiger partial charge in [0.25, 0.3) is 0 Å². The molecule has 0 fully saturated rings. The van der Waals surface area contributed by atoms with Crippen LogP contribution in [0.1, 0.15) is 10.4 Å². The largest absolute Gasteiger partial charge is 0.478 e. The van der Waals surface area contributed by atoms with Crippen LogP contribution in [0.15, 0.2) is 30.3 Å². The Morgan fingerprint density at radius 2 is 2.00 bits per heavy atom. The summed E-state index contributed by atoms with van der Waals surface area (Å²) in [4.78, 5) is 14.7. The molecule has 0 aliphatic rings. The third-order valence-electron chi connectivity index (χ3n) is 1.96. The number of nitrogens with zero attached hydrogens (tertiary/aromatic N) is 1. The van der Waals surface area contributed by atoms with Crippen molar-refractivity contribution in [2.45, 2.75) is 0 Å². The van der Waals surface area contributed by atoms with Crippen molar-refractivity contribution < 1.29 is 9.90 Å². The topological polar surface area (TPSA) is 76.2 Å². The minimum absolute atomic E-state index is 0. The van der Waals surface area contributed by atoms with Crippen LogP contribution < -0.4 is 5.73 Å². The van der Waals surface area contributed by atoms with Crippen molar-refractivity contribution in [2.75, 3.05) is 5.73 Å². The van der Waals surface area contributed by atoms with Crippen molar-refractivity contribution in [3.63, 3.8) is 0 Å². The molecule has 0 spiro atoms. The number of fused-ring (bicyclic) bond motifs is 1. The van der Waals surface area contributed by atoms with Gasteiger partial charge in [0.1, 0.15) is 5.82 Å². The minimum atomic E-state index is -0.941. The molecule has 0 aliphatic carbocycles. The zero-order valence-corrected chi connectivity index (χ0v) is 11.4. The molecule has 5 heteroatoms. The van der Waals surface area contributed by atoms with Gasteiger partial charge in [0.15, 0.2) is 0 Å². The number of carboxylic acid groups (broad SMARTS) is 1. The van der Waals surface area contributed by atoms with Crippen molar-refractivity contribution in [1.82, 2.24) is 4.98 Å². The van der Waals surface area contributed by atoms with Gasteiger partial charge >= 0.3 is 5.97 Å². The van der Waals surface area contributed by atoms with E-state index in [2.05, 4.69) is 4.98 Å². The molecular formula is C10H8KN2O2. The number of anilines is 1. The molecule has 0 saturated carbocycles. The van der Waals surface area contributed by atoms with Crippen molar-refractivity contribution in [3.8, 4) is 0 Å². The van der Waals surface area contributed by atoms with Gasteiger partial charge in [0.05, 0.1) is 11.1 Å². The van der Waals surface area contributed by atoms with Gasteiger partial charge in [0.2, 0.25) is 0 Å². The van der Waals surface area contributed by atoms with Crippen LogP contribution in [0.4, 0.5) is 5.82 Å². The predicted octanol–water partition coefficient (Wildman–Crippen LogP) is 1.13. The van der Waals surface area contributed by atoms with Crippen molar-refractivity contribution in [2.24, 2.45) is 0 Å². The Kier molecular flexibility index (Phi) is 4.24. The minimum Gasteiger partial charge on any atom is -0.478 e. The predicted molar refractivity (Wildman–Crippen MR) is 58.9 cm³/mol. The molecule has 0 aliphatic heterocycles. The summed E-state index contributed by atoms with van der Waals surface area (Å²) in [6, 6.07) is 8.13.